The number of carboxylic acids is 1. The summed E-state index contributed by atoms with van der Waals surface area (Å²) >= 11 is 0. The van der Waals surface area contributed by atoms with Gasteiger partial charge < -0.3 is 9.67 Å². The van der Waals surface area contributed by atoms with Crippen molar-refractivity contribution in [2.24, 2.45) is 5.92 Å². The number of fused-ring (bicyclic) bond motifs is 1. The molecule has 21 heavy (non-hydrogen) atoms. The lowest BCUT2D eigenvalue weighted by Crippen LogP contribution is -2.32. The zero-order valence-corrected chi connectivity index (χ0v) is 13.0. The second-order valence-electron chi connectivity index (χ2n) is 5.91. The van der Waals surface area contributed by atoms with Crippen LogP contribution in [0.15, 0.2) is 30.5 Å². The molecule has 0 saturated heterocycles. The topological polar surface area (TPSA) is 45.5 Å². The Labute approximate surface area is 126 Å². The molecule has 0 radical (unpaired) electrons. The van der Waals surface area contributed by atoms with Crippen molar-refractivity contribution in [3.05, 3.63) is 36.0 Å². The molecule has 0 bridgehead atoms. The van der Waals surface area contributed by atoms with Gasteiger partial charge in [0, 0.05) is 36.7 Å². The summed E-state index contributed by atoms with van der Waals surface area (Å²) in [6.07, 6.45) is 2.15. The average Bonchev–Trinajstić information content (AvgIpc) is 2.76. The van der Waals surface area contributed by atoms with Gasteiger partial charge in [-0.25, -0.2) is 0 Å². The number of hydrogen-bond acceptors (Lipinski definition) is 2. The molecule has 0 fully saturated rings. The molecule has 114 valence electrons. The van der Waals surface area contributed by atoms with Crippen LogP contribution < -0.4 is 0 Å². The van der Waals surface area contributed by atoms with Crippen molar-refractivity contribution in [3.63, 3.8) is 0 Å². The lowest BCUT2D eigenvalue weighted by Gasteiger charge is -2.22. The van der Waals surface area contributed by atoms with Gasteiger partial charge in [0.05, 0.1) is 6.54 Å². The van der Waals surface area contributed by atoms with E-state index in [0.717, 1.165) is 13.1 Å². The molecule has 0 spiro atoms. The first kappa shape index (κ1) is 15.6. The Morgan fingerprint density at radius 1 is 1.33 bits per heavy atom. The molecule has 1 heterocycles. The fourth-order valence-electron chi connectivity index (χ4n) is 2.84. The second-order valence-corrected chi connectivity index (χ2v) is 5.91. The molecule has 0 unspecified atom stereocenters. The molecule has 1 N–H and O–H groups in total. The summed E-state index contributed by atoms with van der Waals surface area (Å²) in [5, 5.41) is 10.3. The number of aliphatic carboxylic acids is 1. The summed E-state index contributed by atoms with van der Waals surface area (Å²) in [6.45, 7) is 8.83. The number of carboxylic acid groups (broad SMARTS) is 1. The maximum atomic E-state index is 11.1. The van der Waals surface area contributed by atoms with Crippen molar-refractivity contribution >= 4 is 16.9 Å². The summed E-state index contributed by atoms with van der Waals surface area (Å²) in [7, 11) is 0. The SMILES string of the molecule is CCn1cc(CN(CC(=O)O)CC(C)C)c2ccccc21. The first-order valence-electron chi connectivity index (χ1n) is 7.52. The molecule has 2 aromatic rings. The smallest absolute Gasteiger partial charge is 0.317 e. The molecule has 0 atom stereocenters. The van der Waals surface area contributed by atoms with Crippen LogP contribution in [0.25, 0.3) is 10.9 Å². The van der Waals surface area contributed by atoms with Crippen LogP contribution in [-0.2, 0) is 17.9 Å². The molecule has 0 amide bonds. The lowest BCUT2D eigenvalue weighted by atomic mass is 10.1. The molecule has 0 aliphatic rings. The number of aryl methyl sites for hydroxylation is 1. The summed E-state index contributed by atoms with van der Waals surface area (Å²) in [6, 6.07) is 8.31. The summed E-state index contributed by atoms with van der Waals surface area (Å²) in [5.74, 6) is -0.321. The van der Waals surface area contributed by atoms with E-state index in [1.54, 1.807) is 0 Å². The Morgan fingerprint density at radius 3 is 2.67 bits per heavy atom. The lowest BCUT2D eigenvalue weighted by molar-refractivity contribution is -0.138. The molecule has 2 rings (SSSR count). The first-order valence-corrected chi connectivity index (χ1v) is 7.52. The molecule has 0 saturated carbocycles. The van der Waals surface area contributed by atoms with E-state index < -0.39 is 5.97 Å². The van der Waals surface area contributed by atoms with Crippen molar-refractivity contribution in [1.29, 1.82) is 0 Å². The minimum Gasteiger partial charge on any atom is -0.480 e. The van der Waals surface area contributed by atoms with E-state index in [1.165, 1.54) is 16.5 Å². The number of para-hydroxylation sites is 1. The van der Waals surface area contributed by atoms with Gasteiger partial charge >= 0.3 is 5.97 Å². The fourth-order valence-corrected chi connectivity index (χ4v) is 2.84. The Kier molecular flexibility index (Phi) is 5.02. The van der Waals surface area contributed by atoms with E-state index in [2.05, 4.69) is 43.7 Å². The van der Waals surface area contributed by atoms with Gasteiger partial charge in [-0.3, -0.25) is 9.69 Å². The maximum absolute atomic E-state index is 11.1. The van der Waals surface area contributed by atoms with Crippen molar-refractivity contribution in [2.45, 2.75) is 33.9 Å². The molecule has 0 aliphatic heterocycles. The highest BCUT2D eigenvalue weighted by Gasteiger charge is 2.15. The van der Waals surface area contributed by atoms with Crippen molar-refractivity contribution in [2.75, 3.05) is 13.1 Å². The Hall–Kier alpha value is -1.81. The Bertz CT molecular complexity index is 616. The van der Waals surface area contributed by atoms with Crippen LogP contribution >= 0.6 is 0 Å². The van der Waals surface area contributed by atoms with Crippen LogP contribution in [0.2, 0.25) is 0 Å². The Morgan fingerprint density at radius 2 is 2.05 bits per heavy atom. The van der Waals surface area contributed by atoms with Crippen molar-refractivity contribution in [1.82, 2.24) is 9.47 Å². The van der Waals surface area contributed by atoms with E-state index in [1.807, 2.05) is 17.0 Å². The second kappa shape index (κ2) is 6.76. The van der Waals surface area contributed by atoms with Gasteiger partial charge in [0.15, 0.2) is 0 Å². The molecule has 1 aromatic heterocycles. The van der Waals surface area contributed by atoms with E-state index in [0.29, 0.717) is 12.5 Å². The zero-order valence-electron chi connectivity index (χ0n) is 13.0. The number of benzene rings is 1. The third-order valence-electron chi connectivity index (χ3n) is 3.59. The molecule has 1 aromatic carbocycles. The highest BCUT2D eigenvalue weighted by Crippen LogP contribution is 2.23. The monoisotopic (exact) mass is 288 g/mol. The molecule has 4 nitrogen and oxygen atoms in total. The van der Waals surface area contributed by atoms with Gasteiger partial charge in [-0.15, -0.1) is 0 Å². The number of rotatable bonds is 7. The molecular formula is C17H24N2O2. The van der Waals surface area contributed by atoms with Crippen LogP contribution in [0.3, 0.4) is 0 Å². The van der Waals surface area contributed by atoms with Crippen molar-refractivity contribution < 1.29 is 9.90 Å². The summed E-state index contributed by atoms with van der Waals surface area (Å²) in [5.41, 5.74) is 2.42. The highest BCUT2D eigenvalue weighted by molar-refractivity contribution is 5.84. The van der Waals surface area contributed by atoms with Crippen LogP contribution in [0.5, 0.6) is 0 Å². The maximum Gasteiger partial charge on any atom is 0.317 e. The standard InChI is InChI=1S/C17H24N2O2/c1-4-19-11-14(15-7-5-6-8-16(15)19)10-18(9-13(2)3)12-17(20)21/h5-8,11,13H,4,9-10,12H2,1-3H3,(H,20,21). The zero-order chi connectivity index (χ0) is 15.4. The minimum absolute atomic E-state index is 0.0871. The summed E-state index contributed by atoms with van der Waals surface area (Å²) in [4.78, 5) is 13.1. The van der Waals surface area contributed by atoms with Gasteiger partial charge in [-0.2, -0.15) is 0 Å². The number of hydrogen-bond donors (Lipinski definition) is 1. The quantitative estimate of drug-likeness (QED) is 0.851. The van der Waals surface area contributed by atoms with Crippen LogP contribution in [-0.4, -0.2) is 33.6 Å². The number of carbonyl (C=O) groups is 1. The van der Waals surface area contributed by atoms with Gasteiger partial charge in [-0.05, 0) is 24.5 Å². The summed E-state index contributed by atoms with van der Waals surface area (Å²) < 4.78 is 2.22. The van der Waals surface area contributed by atoms with E-state index in [9.17, 15) is 4.79 Å². The van der Waals surface area contributed by atoms with E-state index >= 15 is 0 Å². The van der Waals surface area contributed by atoms with E-state index in [4.69, 9.17) is 5.11 Å². The average molecular weight is 288 g/mol. The van der Waals surface area contributed by atoms with Crippen LogP contribution in [0.4, 0.5) is 0 Å². The number of nitrogens with zero attached hydrogens (tertiary/aromatic N) is 2. The van der Waals surface area contributed by atoms with Gasteiger partial charge in [-0.1, -0.05) is 32.0 Å². The van der Waals surface area contributed by atoms with Gasteiger partial charge in [0.25, 0.3) is 0 Å². The van der Waals surface area contributed by atoms with Gasteiger partial charge in [0.2, 0.25) is 0 Å². The molecule has 0 aliphatic carbocycles. The Balaban J connectivity index is 2.29. The largest absolute Gasteiger partial charge is 0.480 e. The minimum atomic E-state index is -0.769. The predicted molar refractivity (Wildman–Crippen MR) is 85.4 cm³/mol. The van der Waals surface area contributed by atoms with Crippen LogP contribution in [0.1, 0.15) is 26.3 Å². The van der Waals surface area contributed by atoms with Gasteiger partial charge in [0.1, 0.15) is 0 Å². The number of aromatic nitrogens is 1. The van der Waals surface area contributed by atoms with E-state index in [-0.39, 0.29) is 6.54 Å². The third-order valence-corrected chi connectivity index (χ3v) is 3.59. The fraction of sp³-hybridized carbons (Fsp3) is 0.471. The highest BCUT2D eigenvalue weighted by atomic mass is 16.4. The van der Waals surface area contributed by atoms with Crippen LogP contribution in [0, 0.1) is 5.92 Å². The molecule has 4 heteroatoms. The van der Waals surface area contributed by atoms with Crippen molar-refractivity contribution in [3.8, 4) is 0 Å². The first-order chi connectivity index (χ1) is 10.0. The predicted octanol–water partition coefficient (Wildman–Crippen LogP) is 3.20. The molecular weight excluding hydrogens is 264 g/mol. The third kappa shape index (κ3) is 3.85. The normalized spacial score (nSPS) is 11.7.